The molecular weight excluding hydrogens is 216 g/mol. The van der Waals surface area contributed by atoms with Crippen LogP contribution < -0.4 is 0 Å². The zero-order valence-electron chi connectivity index (χ0n) is 10.0. The number of carboxylic acid groups (broad SMARTS) is 1. The van der Waals surface area contributed by atoms with Gasteiger partial charge < -0.3 is 5.11 Å². The molecule has 0 radical (unpaired) electrons. The molecule has 0 aliphatic carbocycles. The van der Waals surface area contributed by atoms with Crippen LogP contribution in [-0.4, -0.2) is 34.0 Å². The Labute approximate surface area is 102 Å². The molecule has 0 aliphatic rings. The molecule has 0 bridgehead atoms. The van der Waals surface area contributed by atoms with Gasteiger partial charge in [-0.25, -0.2) is 0 Å². The summed E-state index contributed by atoms with van der Waals surface area (Å²) in [5.74, 6) is -1.16. The van der Waals surface area contributed by atoms with Gasteiger partial charge in [-0.3, -0.25) is 14.7 Å². The Hall–Kier alpha value is -1.68. The maximum Gasteiger partial charge on any atom is 0.307 e. The summed E-state index contributed by atoms with van der Waals surface area (Å²) in [6.07, 6.45) is 5.30. The minimum Gasteiger partial charge on any atom is -0.481 e. The summed E-state index contributed by atoms with van der Waals surface area (Å²) in [6, 6.07) is 3.86. The first-order chi connectivity index (χ1) is 8.13. The molecule has 1 aromatic heterocycles. The average molecular weight is 234 g/mol. The monoisotopic (exact) mass is 234 g/mol. The van der Waals surface area contributed by atoms with Crippen LogP contribution in [0.1, 0.15) is 12.5 Å². The molecule has 92 valence electrons. The van der Waals surface area contributed by atoms with Crippen LogP contribution in [0.25, 0.3) is 0 Å². The number of aliphatic carboxylic acids is 1. The van der Waals surface area contributed by atoms with Gasteiger partial charge in [0, 0.05) is 32.0 Å². The SMILES string of the molecule is C=CCN(Cc1cccnc1)CC(C)C(=O)O. The zero-order chi connectivity index (χ0) is 12.7. The van der Waals surface area contributed by atoms with Gasteiger partial charge in [0.15, 0.2) is 0 Å². The van der Waals surface area contributed by atoms with E-state index in [1.54, 1.807) is 25.4 Å². The van der Waals surface area contributed by atoms with Gasteiger partial charge in [0.1, 0.15) is 0 Å². The highest BCUT2D eigenvalue weighted by atomic mass is 16.4. The molecule has 4 heteroatoms. The van der Waals surface area contributed by atoms with Crippen LogP contribution in [0.3, 0.4) is 0 Å². The minimum atomic E-state index is -0.773. The Morgan fingerprint density at radius 3 is 3.00 bits per heavy atom. The van der Waals surface area contributed by atoms with Crippen molar-refractivity contribution in [1.82, 2.24) is 9.88 Å². The van der Waals surface area contributed by atoms with Crippen molar-refractivity contribution in [2.45, 2.75) is 13.5 Å². The molecule has 17 heavy (non-hydrogen) atoms. The normalized spacial score (nSPS) is 12.4. The van der Waals surface area contributed by atoms with Crippen LogP contribution in [0.5, 0.6) is 0 Å². The first kappa shape index (κ1) is 13.4. The molecule has 1 unspecified atom stereocenters. The highest BCUT2D eigenvalue weighted by molar-refractivity contribution is 5.69. The Bertz CT molecular complexity index is 365. The molecule has 1 rings (SSSR count). The summed E-state index contributed by atoms with van der Waals surface area (Å²) in [6.45, 7) is 7.27. The van der Waals surface area contributed by atoms with Crippen molar-refractivity contribution >= 4 is 5.97 Å². The van der Waals surface area contributed by atoms with Gasteiger partial charge in [-0.05, 0) is 11.6 Å². The van der Waals surface area contributed by atoms with Crippen molar-refractivity contribution in [3.8, 4) is 0 Å². The minimum absolute atomic E-state index is 0.383. The third-order valence-electron chi connectivity index (χ3n) is 2.47. The second-order valence-electron chi connectivity index (χ2n) is 4.08. The number of aromatic nitrogens is 1. The number of rotatable bonds is 7. The van der Waals surface area contributed by atoms with Gasteiger partial charge in [-0.1, -0.05) is 19.1 Å². The molecule has 0 saturated heterocycles. The lowest BCUT2D eigenvalue weighted by atomic mass is 10.1. The molecular formula is C13H18N2O2. The van der Waals surface area contributed by atoms with Crippen molar-refractivity contribution < 1.29 is 9.90 Å². The predicted octanol–water partition coefficient (Wildman–Crippen LogP) is 1.79. The second kappa shape index (κ2) is 6.81. The first-order valence-electron chi connectivity index (χ1n) is 5.58. The molecule has 4 nitrogen and oxygen atoms in total. The van der Waals surface area contributed by atoms with Gasteiger partial charge in [0.05, 0.1) is 5.92 Å². The quantitative estimate of drug-likeness (QED) is 0.731. The van der Waals surface area contributed by atoms with Crippen LogP contribution in [-0.2, 0) is 11.3 Å². The fourth-order valence-corrected chi connectivity index (χ4v) is 1.60. The van der Waals surface area contributed by atoms with Crippen molar-refractivity contribution in [3.05, 3.63) is 42.7 Å². The predicted molar refractivity (Wildman–Crippen MR) is 66.5 cm³/mol. The molecule has 0 aliphatic heterocycles. The third-order valence-corrected chi connectivity index (χ3v) is 2.47. The van der Waals surface area contributed by atoms with Crippen LogP contribution in [0, 0.1) is 5.92 Å². The Balaban J connectivity index is 2.60. The standard InChI is InChI=1S/C13H18N2O2/c1-3-7-15(9-11(2)13(16)17)10-12-5-4-6-14-8-12/h3-6,8,11H,1,7,9-10H2,2H3,(H,16,17). The second-order valence-corrected chi connectivity index (χ2v) is 4.08. The highest BCUT2D eigenvalue weighted by Gasteiger charge is 2.15. The van der Waals surface area contributed by atoms with E-state index in [-0.39, 0.29) is 5.92 Å². The fourth-order valence-electron chi connectivity index (χ4n) is 1.60. The lowest BCUT2D eigenvalue weighted by molar-refractivity contribution is -0.141. The largest absolute Gasteiger partial charge is 0.481 e. The smallest absolute Gasteiger partial charge is 0.307 e. The van der Waals surface area contributed by atoms with E-state index < -0.39 is 5.97 Å². The van der Waals surface area contributed by atoms with Gasteiger partial charge in [0.25, 0.3) is 0 Å². The van der Waals surface area contributed by atoms with Crippen LogP contribution in [0.15, 0.2) is 37.2 Å². The summed E-state index contributed by atoms with van der Waals surface area (Å²) < 4.78 is 0. The third kappa shape index (κ3) is 4.78. The van der Waals surface area contributed by atoms with E-state index in [4.69, 9.17) is 5.11 Å². The number of pyridine rings is 1. The molecule has 1 atom stereocenters. The summed E-state index contributed by atoms with van der Waals surface area (Å²) in [5, 5.41) is 8.90. The van der Waals surface area contributed by atoms with Crippen molar-refractivity contribution in [1.29, 1.82) is 0 Å². The number of hydrogen-bond acceptors (Lipinski definition) is 3. The van der Waals surface area contributed by atoms with Crippen molar-refractivity contribution in [2.24, 2.45) is 5.92 Å². The topological polar surface area (TPSA) is 53.4 Å². The molecule has 1 heterocycles. The van der Waals surface area contributed by atoms with Crippen molar-refractivity contribution in [3.63, 3.8) is 0 Å². The van der Waals surface area contributed by atoms with E-state index in [1.165, 1.54) is 0 Å². The van der Waals surface area contributed by atoms with E-state index >= 15 is 0 Å². The lowest BCUT2D eigenvalue weighted by Gasteiger charge is -2.22. The van der Waals surface area contributed by atoms with Crippen LogP contribution >= 0.6 is 0 Å². The Kier molecular flexibility index (Phi) is 5.36. The summed E-state index contributed by atoms with van der Waals surface area (Å²) >= 11 is 0. The lowest BCUT2D eigenvalue weighted by Crippen LogP contribution is -2.31. The van der Waals surface area contributed by atoms with Crippen LogP contribution in [0.4, 0.5) is 0 Å². The maximum atomic E-state index is 10.8. The molecule has 0 fully saturated rings. The van der Waals surface area contributed by atoms with Crippen LogP contribution in [0.2, 0.25) is 0 Å². The first-order valence-corrected chi connectivity index (χ1v) is 5.58. The molecule has 1 aromatic rings. The number of carboxylic acids is 1. The van der Waals surface area contributed by atoms with E-state index in [0.29, 0.717) is 19.6 Å². The Morgan fingerprint density at radius 2 is 2.47 bits per heavy atom. The van der Waals surface area contributed by atoms with Gasteiger partial charge in [0.2, 0.25) is 0 Å². The molecule has 0 spiro atoms. The number of hydrogen-bond donors (Lipinski definition) is 1. The fraction of sp³-hybridized carbons (Fsp3) is 0.385. The van der Waals surface area contributed by atoms with Gasteiger partial charge in [-0.2, -0.15) is 0 Å². The van der Waals surface area contributed by atoms with E-state index in [1.807, 2.05) is 17.0 Å². The number of carbonyl (C=O) groups is 1. The molecule has 0 aromatic carbocycles. The van der Waals surface area contributed by atoms with E-state index in [0.717, 1.165) is 5.56 Å². The summed E-state index contributed by atoms with van der Waals surface area (Å²) in [5.41, 5.74) is 1.08. The van der Waals surface area contributed by atoms with E-state index in [2.05, 4.69) is 11.6 Å². The van der Waals surface area contributed by atoms with Crippen molar-refractivity contribution in [2.75, 3.05) is 13.1 Å². The highest BCUT2D eigenvalue weighted by Crippen LogP contribution is 2.06. The van der Waals surface area contributed by atoms with E-state index in [9.17, 15) is 4.79 Å². The molecule has 0 saturated carbocycles. The van der Waals surface area contributed by atoms with Gasteiger partial charge >= 0.3 is 5.97 Å². The summed E-state index contributed by atoms with van der Waals surface area (Å²) in [7, 11) is 0. The summed E-state index contributed by atoms with van der Waals surface area (Å²) in [4.78, 5) is 16.9. The van der Waals surface area contributed by atoms with Gasteiger partial charge in [-0.15, -0.1) is 6.58 Å². The Morgan fingerprint density at radius 1 is 1.71 bits per heavy atom. The number of nitrogens with zero attached hydrogens (tertiary/aromatic N) is 2. The zero-order valence-corrected chi connectivity index (χ0v) is 10.0. The molecule has 0 amide bonds. The maximum absolute atomic E-state index is 10.8. The molecule has 1 N–H and O–H groups in total. The average Bonchev–Trinajstić information content (AvgIpc) is 2.30.